The number of nitrogens with zero attached hydrogens (tertiary/aromatic N) is 1. The smallest absolute Gasteiger partial charge is 0.237 e. The summed E-state index contributed by atoms with van der Waals surface area (Å²) >= 11 is 0. The number of aromatic nitrogens is 1. The number of amides is 1. The number of carbonyl (C=O) groups is 1. The van der Waals surface area contributed by atoms with Crippen LogP contribution in [-0.4, -0.2) is 49.1 Å². The molecule has 124 valence electrons. The van der Waals surface area contributed by atoms with Crippen LogP contribution in [-0.2, 0) is 9.53 Å². The Labute approximate surface area is 137 Å². The average Bonchev–Trinajstić information content (AvgIpc) is 3.02. The second-order valence-corrected chi connectivity index (χ2v) is 6.08. The number of hydrogen-bond donors (Lipinski definition) is 2. The van der Waals surface area contributed by atoms with Gasteiger partial charge in [0.2, 0.25) is 5.91 Å². The van der Waals surface area contributed by atoms with E-state index in [1.165, 1.54) is 11.8 Å². The number of hydrogen-bond acceptors (Lipinski definition) is 3. The van der Waals surface area contributed by atoms with Gasteiger partial charge in [0.1, 0.15) is 0 Å². The van der Waals surface area contributed by atoms with E-state index in [4.69, 9.17) is 4.74 Å². The molecule has 5 heteroatoms. The summed E-state index contributed by atoms with van der Waals surface area (Å²) in [5.74, 6) is 0.171. The van der Waals surface area contributed by atoms with Crippen LogP contribution in [0.1, 0.15) is 31.0 Å². The Bertz CT molecular complexity index is 620. The first-order valence-corrected chi connectivity index (χ1v) is 8.36. The molecule has 5 nitrogen and oxygen atoms in total. The first kappa shape index (κ1) is 16.0. The van der Waals surface area contributed by atoms with Crippen molar-refractivity contribution in [1.82, 2.24) is 15.2 Å². The summed E-state index contributed by atoms with van der Waals surface area (Å²) in [7, 11) is 1.67. The number of ether oxygens (including phenoxy) is 1. The molecule has 23 heavy (non-hydrogen) atoms. The minimum atomic E-state index is 0.160. The predicted octanol–water partition coefficient (Wildman–Crippen LogP) is 2.46. The fourth-order valence-corrected chi connectivity index (χ4v) is 3.30. The summed E-state index contributed by atoms with van der Waals surface area (Å²) in [6.07, 6.45) is 3.28. The number of H-pyrrole nitrogens is 1. The van der Waals surface area contributed by atoms with Crippen molar-refractivity contribution in [2.24, 2.45) is 0 Å². The highest BCUT2D eigenvalue weighted by molar-refractivity contribution is 5.82. The van der Waals surface area contributed by atoms with Gasteiger partial charge in [0.15, 0.2) is 0 Å². The lowest BCUT2D eigenvalue weighted by molar-refractivity contribution is -0.134. The van der Waals surface area contributed by atoms with Crippen molar-refractivity contribution >= 4 is 16.8 Å². The molecule has 1 fully saturated rings. The zero-order chi connectivity index (χ0) is 16.1. The Hall–Kier alpha value is -1.85. The zero-order valence-electron chi connectivity index (χ0n) is 13.7. The fourth-order valence-electron chi connectivity index (χ4n) is 3.30. The van der Waals surface area contributed by atoms with Crippen LogP contribution in [0.4, 0.5) is 0 Å². The van der Waals surface area contributed by atoms with Crippen LogP contribution >= 0.6 is 0 Å². The summed E-state index contributed by atoms with van der Waals surface area (Å²) in [4.78, 5) is 18.1. The Morgan fingerprint density at radius 2 is 2.26 bits per heavy atom. The molecule has 1 aromatic heterocycles. The number of methoxy groups -OCH3 is 1. The normalized spacial score (nSPS) is 18.5. The van der Waals surface area contributed by atoms with E-state index < -0.39 is 0 Å². The van der Waals surface area contributed by atoms with Gasteiger partial charge in [-0.3, -0.25) is 4.79 Å². The van der Waals surface area contributed by atoms with Crippen LogP contribution in [0.15, 0.2) is 30.3 Å². The maximum Gasteiger partial charge on any atom is 0.237 e. The van der Waals surface area contributed by atoms with Crippen LogP contribution in [0.3, 0.4) is 0 Å². The van der Waals surface area contributed by atoms with E-state index in [9.17, 15) is 4.79 Å². The molecule has 1 aliphatic rings. The van der Waals surface area contributed by atoms with Crippen molar-refractivity contribution in [2.75, 3.05) is 33.4 Å². The number of aromatic amines is 1. The van der Waals surface area contributed by atoms with Crippen LogP contribution in [0, 0.1) is 0 Å². The molecule has 0 aliphatic carbocycles. The van der Waals surface area contributed by atoms with Crippen LogP contribution < -0.4 is 5.32 Å². The fraction of sp³-hybridized carbons (Fsp3) is 0.500. The molecular weight excluding hydrogens is 290 g/mol. The van der Waals surface area contributed by atoms with Gasteiger partial charge in [0, 0.05) is 31.4 Å². The molecule has 0 radical (unpaired) electrons. The lowest BCUT2D eigenvalue weighted by atomic mass is 9.99. The van der Waals surface area contributed by atoms with E-state index in [1.54, 1.807) is 7.11 Å². The molecular formula is C18H25N3O2. The lowest BCUT2D eigenvalue weighted by Gasteiger charge is -2.35. The van der Waals surface area contributed by atoms with E-state index in [0.29, 0.717) is 19.7 Å². The molecule has 0 bridgehead atoms. The molecule has 1 aromatic carbocycles. The minimum Gasteiger partial charge on any atom is -0.383 e. The molecule has 3 rings (SSSR count). The van der Waals surface area contributed by atoms with Crippen molar-refractivity contribution < 1.29 is 9.53 Å². The Morgan fingerprint density at radius 3 is 3.09 bits per heavy atom. The molecule has 1 atom stereocenters. The van der Waals surface area contributed by atoms with Crippen molar-refractivity contribution in [3.05, 3.63) is 36.0 Å². The van der Waals surface area contributed by atoms with Gasteiger partial charge in [-0.2, -0.15) is 0 Å². The molecule has 2 aromatic rings. The number of carbonyl (C=O) groups excluding carboxylic acids is 1. The quantitative estimate of drug-likeness (QED) is 0.805. The van der Waals surface area contributed by atoms with Gasteiger partial charge in [-0.1, -0.05) is 18.2 Å². The molecule has 1 aliphatic heterocycles. The maximum absolute atomic E-state index is 12.6. The predicted molar refractivity (Wildman–Crippen MR) is 91.3 cm³/mol. The SMILES string of the molecule is COCCNCC(=O)N1CCCCC1c1cc2ccccc2[nH]1. The molecule has 2 N–H and O–H groups in total. The van der Waals surface area contributed by atoms with Crippen molar-refractivity contribution in [2.45, 2.75) is 25.3 Å². The van der Waals surface area contributed by atoms with E-state index >= 15 is 0 Å². The van der Waals surface area contributed by atoms with Gasteiger partial charge in [-0.15, -0.1) is 0 Å². The third kappa shape index (κ3) is 3.74. The van der Waals surface area contributed by atoms with E-state index in [2.05, 4.69) is 28.5 Å². The van der Waals surface area contributed by atoms with Crippen LogP contribution in [0.5, 0.6) is 0 Å². The summed E-state index contributed by atoms with van der Waals surface area (Å²) in [5.41, 5.74) is 2.29. The number of likely N-dealkylation sites (tertiary alicyclic amines) is 1. The van der Waals surface area contributed by atoms with E-state index in [1.807, 2.05) is 17.0 Å². The molecule has 0 saturated carbocycles. The van der Waals surface area contributed by atoms with Crippen LogP contribution in [0.25, 0.3) is 10.9 Å². The Balaban J connectivity index is 1.71. The molecule has 1 amide bonds. The van der Waals surface area contributed by atoms with E-state index in [0.717, 1.165) is 30.6 Å². The summed E-state index contributed by atoms with van der Waals surface area (Å²) in [6.45, 7) is 2.54. The standard InChI is InChI=1S/C18H25N3O2/c1-23-11-9-19-13-18(22)21-10-5-4-8-17(21)16-12-14-6-2-3-7-15(14)20-16/h2-3,6-7,12,17,19-20H,4-5,8-11,13H2,1H3. The van der Waals surface area contributed by atoms with Crippen molar-refractivity contribution in [3.63, 3.8) is 0 Å². The molecule has 1 unspecified atom stereocenters. The molecule has 1 saturated heterocycles. The Kier molecular flexibility index (Phi) is 5.31. The van der Waals surface area contributed by atoms with E-state index in [-0.39, 0.29) is 11.9 Å². The number of para-hydroxylation sites is 1. The topological polar surface area (TPSA) is 57.4 Å². The lowest BCUT2D eigenvalue weighted by Crippen LogP contribution is -2.43. The first-order chi connectivity index (χ1) is 11.3. The largest absolute Gasteiger partial charge is 0.383 e. The summed E-state index contributed by atoms with van der Waals surface area (Å²) in [6, 6.07) is 10.6. The summed E-state index contributed by atoms with van der Waals surface area (Å²) in [5, 5.41) is 4.36. The molecule has 0 spiro atoms. The molecule has 2 heterocycles. The number of benzene rings is 1. The first-order valence-electron chi connectivity index (χ1n) is 8.36. The highest BCUT2D eigenvalue weighted by Gasteiger charge is 2.28. The highest BCUT2D eigenvalue weighted by atomic mass is 16.5. The van der Waals surface area contributed by atoms with Crippen LogP contribution in [0.2, 0.25) is 0 Å². The van der Waals surface area contributed by atoms with Crippen molar-refractivity contribution in [1.29, 1.82) is 0 Å². The monoisotopic (exact) mass is 315 g/mol. The van der Waals surface area contributed by atoms with Gasteiger partial charge in [0.05, 0.1) is 19.2 Å². The van der Waals surface area contributed by atoms with Gasteiger partial charge in [-0.05, 0) is 36.8 Å². The second-order valence-electron chi connectivity index (χ2n) is 6.08. The van der Waals surface area contributed by atoms with Crippen molar-refractivity contribution in [3.8, 4) is 0 Å². The van der Waals surface area contributed by atoms with Gasteiger partial charge in [0.25, 0.3) is 0 Å². The van der Waals surface area contributed by atoms with Gasteiger partial charge >= 0.3 is 0 Å². The third-order valence-corrected chi connectivity index (χ3v) is 4.49. The number of fused-ring (bicyclic) bond motifs is 1. The average molecular weight is 315 g/mol. The van der Waals surface area contributed by atoms with Gasteiger partial charge < -0.3 is 19.9 Å². The maximum atomic E-state index is 12.6. The highest BCUT2D eigenvalue weighted by Crippen LogP contribution is 2.32. The number of nitrogens with one attached hydrogen (secondary N) is 2. The third-order valence-electron chi connectivity index (χ3n) is 4.49. The number of piperidine rings is 1. The second kappa shape index (κ2) is 7.62. The summed E-state index contributed by atoms with van der Waals surface area (Å²) < 4.78 is 5.00. The minimum absolute atomic E-state index is 0.160. The van der Waals surface area contributed by atoms with Gasteiger partial charge in [-0.25, -0.2) is 0 Å². The Morgan fingerprint density at radius 1 is 1.39 bits per heavy atom. The number of rotatable bonds is 6. The zero-order valence-corrected chi connectivity index (χ0v) is 13.7.